The Hall–Kier alpha value is -1.51. The van der Waals surface area contributed by atoms with Gasteiger partial charge in [-0.25, -0.2) is 0 Å². The average Bonchev–Trinajstić information content (AvgIpc) is 2.49. The Labute approximate surface area is 96.0 Å². The Bertz CT molecular complexity index is 436. The first-order valence-corrected chi connectivity index (χ1v) is 5.43. The standard InChI is InChI=1S/C13H17NO2/c1-13(2)8-9-6-5-7-10(11(9)16-13)12(15)14(3)4/h5-7H,8H2,1-4H3. The number of amides is 1. The molecule has 16 heavy (non-hydrogen) atoms. The zero-order valence-electron chi connectivity index (χ0n) is 10.2. The molecule has 0 radical (unpaired) electrons. The molecule has 3 nitrogen and oxygen atoms in total. The van der Waals surface area contributed by atoms with Gasteiger partial charge in [-0.05, 0) is 25.5 Å². The molecule has 0 fully saturated rings. The number of hydrogen-bond acceptors (Lipinski definition) is 2. The van der Waals surface area contributed by atoms with Crippen molar-refractivity contribution in [3.63, 3.8) is 0 Å². The fourth-order valence-electron chi connectivity index (χ4n) is 2.02. The summed E-state index contributed by atoms with van der Waals surface area (Å²) in [5.41, 5.74) is 1.58. The Balaban J connectivity index is 2.45. The molecule has 1 aliphatic rings. The van der Waals surface area contributed by atoms with Crippen LogP contribution >= 0.6 is 0 Å². The van der Waals surface area contributed by atoms with E-state index >= 15 is 0 Å². The number of carbonyl (C=O) groups is 1. The molecule has 0 aliphatic carbocycles. The quantitative estimate of drug-likeness (QED) is 0.724. The lowest BCUT2D eigenvalue weighted by Gasteiger charge is -2.19. The lowest BCUT2D eigenvalue weighted by Crippen LogP contribution is -2.26. The van der Waals surface area contributed by atoms with Crippen molar-refractivity contribution in [2.24, 2.45) is 0 Å². The minimum absolute atomic E-state index is 0.00505. The highest BCUT2D eigenvalue weighted by atomic mass is 16.5. The molecule has 2 rings (SSSR count). The average molecular weight is 219 g/mol. The second kappa shape index (κ2) is 3.51. The van der Waals surface area contributed by atoms with Crippen LogP contribution in [0.5, 0.6) is 5.75 Å². The SMILES string of the molecule is CN(C)C(=O)c1cccc2c1OC(C)(C)C2. The lowest BCUT2D eigenvalue weighted by atomic mass is 10.0. The Morgan fingerprint density at radius 3 is 2.69 bits per heavy atom. The van der Waals surface area contributed by atoms with Crippen molar-refractivity contribution in [1.82, 2.24) is 4.90 Å². The van der Waals surface area contributed by atoms with Crippen LogP contribution in [0.3, 0.4) is 0 Å². The molecule has 0 N–H and O–H groups in total. The van der Waals surface area contributed by atoms with Gasteiger partial charge >= 0.3 is 0 Å². The number of carbonyl (C=O) groups excluding carboxylic acids is 1. The molecule has 0 saturated heterocycles. The second-order valence-electron chi connectivity index (χ2n) is 5.03. The summed E-state index contributed by atoms with van der Waals surface area (Å²) in [4.78, 5) is 13.5. The minimum Gasteiger partial charge on any atom is -0.486 e. The van der Waals surface area contributed by atoms with Gasteiger partial charge in [-0.1, -0.05) is 12.1 Å². The monoisotopic (exact) mass is 219 g/mol. The van der Waals surface area contributed by atoms with Crippen LogP contribution in [0.1, 0.15) is 29.8 Å². The van der Waals surface area contributed by atoms with E-state index in [9.17, 15) is 4.79 Å². The van der Waals surface area contributed by atoms with Gasteiger partial charge in [-0.2, -0.15) is 0 Å². The van der Waals surface area contributed by atoms with E-state index in [2.05, 4.69) is 0 Å². The maximum absolute atomic E-state index is 12.0. The molecular weight excluding hydrogens is 202 g/mol. The van der Waals surface area contributed by atoms with E-state index in [1.54, 1.807) is 19.0 Å². The van der Waals surface area contributed by atoms with Crippen molar-refractivity contribution < 1.29 is 9.53 Å². The number of rotatable bonds is 1. The van der Waals surface area contributed by atoms with E-state index in [0.29, 0.717) is 5.56 Å². The fraction of sp³-hybridized carbons (Fsp3) is 0.462. The van der Waals surface area contributed by atoms with Gasteiger partial charge in [-0.3, -0.25) is 4.79 Å². The first-order valence-electron chi connectivity index (χ1n) is 5.43. The predicted molar refractivity (Wildman–Crippen MR) is 62.9 cm³/mol. The molecule has 0 aromatic heterocycles. The summed E-state index contributed by atoms with van der Waals surface area (Å²) >= 11 is 0. The van der Waals surface area contributed by atoms with Crippen LogP contribution in [0.4, 0.5) is 0 Å². The van der Waals surface area contributed by atoms with Crippen LogP contribution in [0.25, 0.3) is 0 Å². The van der Waals surface area contributed by atoms with Gasteiger partial charge in [0.05, 0.1) is 5.56 Å². The number of benzene rings is 1. The summed E-state index contributed by atoms with van der Waals surface area (Å²) in [6.07, 6.45) is 0.858. The normalized spacial score (nSPS) is 16.5. The number of hydrogen-bond donors (Lipinski definition) is 0. The van der Waals surface area contributed by atoms with Crippen molar-refractivity contribution in [3.8, 4) is 5.75 Å². The molecule has 0 spiro atoms. The largest absolute Gasteiger partial charge is 0.486 e. The van der Waals surface area contributed by atoms with Gasteiger partial charge in [0, 0.05) is 20.5 Å². The van der Waals surface area contributed by atoms with Gasteiger partial charge in [0.2, 0.25) is 0 Å². The molecule has 0 unspecified atom stereocenters. The number of fused-ring (bicyclic) bond motifs is 1. The van der Waals surface area contributed by atoms with E-state index in [-0.39, 0.29) is 11.5 Å². The zero-order valence-corrected chi connectivity index (χ0v) is 10.2. The van der Waals surface area contributed by atoms with Crippen LogP contribution in [-0.4, -0.2) is 30.5 Å². The predicted octanol–water partition coefficient (Wildman–Crippen LogP) is 2.10. The first-order chi connectivity index (χ1) is 7.41. The molecule has 0 atom stereocenters. The number of ether oxygens (including phenoxy) is 1. The molecule has 1 aliphatic heterocycles. The summed E-state index contributed by atoms with van der Waals surface area (Å²) < 4.78 is 5.85. The Kier molecular flexibility index (Phi) is 2.41. The van der Waals surface area contributed by atoms with Crippen molar-refractivity contribution >= 4 is 5.91 Å². The smallest absolute Gasteiger partial charge is 0.257 e. The Morgan fingerprint density at radius 1 is 1.38 bits per heavy atom. The molecule has 0 bridgehead atoms. The van der Waals surface area contributed by atoms with Gasteiger partial charge in [0.25, 0.3) is 5.91 Å². The van der Waals surface area contributed by atoms with Crippen LogP contribution in [0.15, 0.2) is 18.2 Å². The van der Waals surface area contributed by atoms with Crippen molar-refractivity contribution in [2.75, 3.05) is 14.1 Å². The molecule has 1 amide bonds. The summed E-state index contributed by atoms with van der Waals surface area (Å²) in [6.45, 7) is 4.08. The molecule has 0 saturated carbocycles. The van der Waals surface area contributed by atoms with E-state index < -0.39 is 0 Å². The van der Waals surface area contributed by atoms with Gasteiger partial charge in [0.15, 0.2) is 0 Å². The molecule has 1 aromatic carbocycles. The van der Waals surface area contributed by atoms with Crippen LogP contribution in [-0.2, 0) is 6.42 Å². The van der Waals surface area contributed by atoms with Crippen molar-refractivity contribution in [2.45, 2.75) is 25.9 Å². The fourth-order valence-corrected chi connectivity index (χ4v) is 2.02. The van der Waals surface area contributed by atoms with Gasteiger partial charge in [0.1, 0.15) is 11.4 Å². The Morgan fingerprint density at radius 2 is 2.06 bits per heavy atom. The summed E-state index contributed by atoms with van der Waals surface area (Å²) in [5.74, 6) is 0.751. The second-order valence-corrected chi connectivity index (χ2v) is 5.03. The molecule has 1 aromatic rings. The van der Waals surface area contributed by atoms with Crippen molar-refractivity contribution in [3.05, 3.63) is 29.3 Å². The third-order valence-corrected chi connectivity index (χ3v) is 2.73. The highest BCUT2D eigenvalue weighted by Gasteiger charge is 2.33. The van der Waals surface area contributed by atoms with E-state index in [1.165, 1.54) is 0 Å². The van der Waals surface area contributed by atoms with Gasteiger partial charge in [-0.15, -0.1) is 0 Å². The molecular formula is C13H17NO2. The summed E-state index contributed by atoms with van der Waals surface area (Å²) in [6, 6.07) is 5.76. The summed E-state index contributed by atoms with van der Waals surface area (Å²) in [7, 11) is 3.50. The third-order valence-electron chi connectivity index (χ3n) is 2.73. The maximum atomic E-state index is 12.0. The third kappa shape index (κ3) is 1.77. The van der Waals surface area contributed by atoms with Crippen LogP contribution < -0.4 is 4.74 Å². The highest BCUT2D eigenvalue weighted by molar-refractivity contribution is 5.97. The molecule has 86 valence electrons. The van der Waals surface area contributed by atoms with Gasteiger partial charge < -0.3 is 9.64 Å². The lowest BCUT2D eigenvalue weighted by molar-refractivity contribution is 0.0815. The van der Waals surface area contributed by atoms with E-state index in [1.807, 2.05) is 32.0 Å². The maximum Gasteiger partial charge on any atom is 0.257 e. The first kappa shape index (κ1) is 11.0. The van der Waals surface area contributed by atoms with Crippen LogP contribution in [0, 0.1) is 0 Å². The number of nitrogens with zero attached hydrogens (tertiary/aromatic N) is 1. The van der Waals surface area contributed by atoms with Crippen LogP contribution in [0.2, 0.25) is 0 Å². The highest BCUT2D eigenvalue weighted by Crippen LogP contribution is 2.37. The van der Waals surface area contributed by atoms with E-state index in [4.69, 9.17) is 4.74 Å². The number of para-hydroxylation sites is 1. The summed E-state index contributed by atoms with van der Waals surface area (Å²) in [5, 5.41) is 0. The zero-order chi connectivity index (χ0) is 11.9. The van der Waals surface area contributed by atoms with Crippen molar-refractivity contribution in [1.29, 1.82) is 0 Å². The molecule has 1 heterocycles. The molecule has 3 heteroatoms. The van der Waals surface area contributed by atoms with E-state index in [0.717, 1.165) is 17.7 Å². The topological polar surface area (TPSA) is 29.5 Å². The minimum atomic E-state index is -0.203.